The summed E-state index contributed by atoms with van der Waals surface area (Å²) in [6.45, 7) is 2.20. The molecule has 0 aromatic heterocycles. The molecule has 0 aliphatic carbocycles. The number of halogens is 1. The molecule has 0 radical (unpaired) electrons. The number of hydrogen-bond donors (Lipinski definition) is 2. The second kappa shape index (κ2) is 7.35. The Morgan fingerprint density at radius 2 is 2.17 bits per heavy atom. The number of amides is 1. The van der Waals surface area contributed by atoms with E-state index in [1.54, 1.807) is 6.92 Å². The second-order valence-corrected chi connectivity index (χ2v) is 5.56. The molecule has 0 heterocycles. The molecule has 18 heavy (non-hydrogen) atoms. The van der Waals surface area contributed by atoms with Crippen LogP contribution in [-0.2, 0) is 16.0 Å². The summed E-state index contributed by atoms with van der Waals surface area (Å²) in [5.41, 5.74) is 0.963. The molecule has 1 rings (SSSR count). The average molecular weight is 361 g/mol. The standard InChI is InChI=1S/C13H16INO3/c1-9(5-13(17)18)8-15-12(16)7-10-3-2-4-11(14)6-10/h2-4,6,9H,5,7-8H2,1H3,(H,15,16)(H,17,18). The SMILES string of the molecule is CC(CNC(=O)Cc1cccc(I)c1)CC(=O)O. The third kappa shape index (κ3) is 6.00. The molecule has 0 fully saturated rings. The van der Waals surface area contributed by atoms with E-state index in [0.29, 0.717) is 13.0 Å². The van der Waals surface area contributed by atoms with Crippen molar-refractivity contribution in [1.29, 1.82) is 0 Å². The highest BCUT2D eigenvalue weighted by Gasteiger charge is 2.09. The molecule has 1 atom stereocenters. The van der Waals surface area contributed by atoms with Crippen LogP contribution in [0.25, 0.3) is 0 Å². The summed E-state index contributed by atoms with van der Waals surface area (Å²) < 4.78 is 1.09. The Bertz CT molecular complexity index is 434. The van der Waals surface area contributed by atoms with Gasteiger partial charge in [-0.15, -0.1) is 0 Å². The van der Waals surface area contributed by atoms with Crippen LogP contribution in [0.5, 0.6) is 0 Å². The van der Waals surface area contributed by atoms with Crippen molar-refractivity contribution in [3.63, 3.8) is 0 Å². The highest BCUT2D eigenvalue weighted by atomic mass is 127. The first-order chi connectivity index (χ1) is 8.47. The van der Waals surface area contributed by atoms with E-state index in [9.17, 15) is 9.59 Å². The lowest BCUT2D eigenvalue weighted by Gasteiger charge is -2.10. The van der Waals surface area contributed by atoms with Gasteiger partial charge in [0.2, 0.25) is 5.91 Å². The topological polar surface area (TPSA) is 66.4 Å². The van der Waals surface area contributed by atoms with Gasteiger partial charge in [-0.1, -0.05) is 19.1 Å². The van der Waals surface area contributed by atoms with Gasteiger partial charge in [-0.3, -0.25) is 9.59 Å². The van der Waals surface area contributed by atoms with Crippen molar-refractivity contribution in [3.05, 3.63) is 33.4 Å². The molecule has 1 amide bonds. The lowest BCUT2D eigenvalue weighted by atomic mass is 10.1. The van der Waals surface area contributed by atoms with Gasteiger partial charge in [0, 0.05) is 16.5 Å². The molecule has 1 unspecified atom stereocenters. The second-order valence-electron chi connectivity index (χ2n) is 4.31. The fourth-order valence-electron chi connectivity index (χ4n) is 1.55. The van der Waals surface area contributed by atoms with Gasteiger partial charge in [0.05, 0.1) is 6.42 Å². The lowest BCUT2D eigenvalue weighted by Crippen LogP contribution is -2.30. The number of nitrogens with one attached hydrogen (secondary N) is 1. The molecule has 0 bridgehead atoms. The molecule has 0 aliphatic heterocycles. The molecule has 4 nitrogen and oxygen atoms in total. The van der Waals surface area contributed by atoms with Gasteiger partial charge in [-0.2, -0.15) is 0 Å². The zero-order valence-electron chi connectivity index (χ0n) is 10.1. The molecule has 1 aromatic rings. The predicted octanol–water partition coefficient (Wildman–Crippen LogP) is 2.06. The van der Waals surface area contributed by atoms with E-state index in [2.05, 4.69) is 27.9 Å². The number of aliphatic carboxylic acids is 1. The Hall–Kier alpha value is -1.11. The maximum Gasteiger partial charge on any atom is 0.303 e. The maximum absolute atomic E-state index is 11.7. The van der Waals surface area contributed by atoms with E-state index in [0.717, 1.165) is 9.13 Å². The van der Waals surface area contributed by atoms with Crippen molar-refractivity contribution in [1.82, 2.24) is 5.32 Å². The van der Waals surface area contributed by atoms with Crippen molar-refractivity contribution < 1.29 is 14.7 Å². The van der Waals surface area contributed by atoms with Crippen LogP contribution < -0.4 is 5.32 Å². The molecule has 1 aromatic carbocycles. The number of carboxylic acid groups (broad SMARTS) is 1. The molecular weight excluding hydrogens is 345 g/mol. The largest absolute Gasteiger partial charge is 0.481 e. The van der Waals surface area contributed by atoms with Crippen molar-refractivity contribution in [2.24, 2.45) is 5.92 Å². The van der Waals surface area contributed by atoms with Gasteiger partial charge < -0.3 is 10.4 Å². The summed E-state index contributed by atoms with van der Waals surface area (Å²) >= 11 is 2.20. The van der Waals surface area contributed by atoms with Gasteiger partial charge in [0.1, 0.15) is 0 Å². The highest BCUT2D eigenvalue weighted by Crippen LogP contribution is 2.08. The first kappa shape index (κ1) is 14.9. The molecule has 5 heteroatoms. The third-order valence-electron chi connectivity index (χ3n) is 2.42. The smallest absolute Gasteiger partial charge is 0.303 e. The zero-order valence-corrected chi connectivity index (χ0v) is 12.3. The number of rotatable bonds is 6. The van der Waals surface area contributed by atoms with Crippen LogP contribution in [0, 0.1) is 9.49 Å². The average Bonchev–Trinajstić information content (AvgIpc) is 2.25. The molecular formula is C13H16INO3. The van der Waals surface area contributed by atoms with E-state index in [4.69, 9.17) is 5.11 Å². The Balaban J connectivity index is 2.36. The van der Waals surface area contributed by atoms with Crippen LogP contribution in [0.3, 0.4) is 0 Å². The van der Waals surface area contributed by atoms with Crippen molar-refractivity contribution in [3.8, 4) is 0 Å². The van der Waals surface area contributed by atoms with E-state index >= 15 is 0 Å². The Morgan fingerprint density at radius 3 is 2.78 bits per heavy atom. The van der Waals surface area contributed by atoms with Crippen molar-refractivity contribution in [2.45, 2.75) is 19.8 Å². The van der Waals surface area contributed by atoms with Crippen LogP contribution in [-0.4, -0.2) is 23.5 Å². The fourth-order valence-corrected chi connectivity index (χ4v) is 2.16. The van der Waals surface area contributed by atoms with E-state index < -0.39 is 5.97 Å². The summed E-state index contributed by atoms with van der Waals surface area (Å²) in [6.07, 6.45) is 0.403. The van der Waals surface area contributed by atoms with Gasteiger partial charge in [0.25, 0.3) is 0 Å². The van der Waals surface area contributed by atoms with Crippen LogP contribution >= 0.6 is 22.6 Å². The van der Waals surface area contributed by atoms with Crippen molar-refractivity contribution >= 4 is 34.5 Å². The normalized spacial score (nSPS) is 11.9. The van der Waals surface area contributed by atoms with E-state index in [1.807, 2.05) is 24.3 Å². The first-order valence-corrected chi connectivity index (χ1v) is 6.78. The minimum Gasteiger partial charge on any atom is -0.481 e. The van der Waals surface area contributed by atoms with E-state index in [-0.39, 0.29) is 18.2 Å². The number of hydrogen-bond acceptors (Lipinski definition) is 2. The highest BCUT2D eigenvalue weighted by molar-refractivity contribution is 14.1. The van der Waals surface area contributed by atoms with Crippen LogP contribution in [0.1, 0.15) is 18.9 Å². The number of benzene rings is 1. The Kier molecular flexibility index (Phi) is 6.11. The van der Waals surface area contributed by atoms with Crippen molar-refractivity contribution in [2.75, 3.05) is 6.54 Å². The first-order valence-electron chi connectivity index (χ1n) is 5.70. The van der Waals surface area contributed by atoms with Gasteiger partial charge in [0.15, 0.2) is 0 Å². The molecule has 0 spiro atoms. The quantitative estimate of drug-likeness (QED) is 0.763. The molecule has 0 saturated carbocycles. The third-order valence-corrected chi connectivity index (χ3v) is 3.10. The monoisotopic (exact) mass is 361 g/mol. The predicted molar refractivity (Wildman–Crippen MR) is 77.3 cm³/mol. The van der Waals surface area contributed by atoms with Gasteiger partial charge >= 0.3 is 5.97 Å². The number of carboxylic acids is 1. The molecule has 98 valence electrons. The molecule has 0 aliphatic rings. The molecule has 0 saturated heterocycles. The number of carbonyl (C=O) groups excluding carboxylic acids is 1. The zero-order chi connectivity index (χ0) is 13.5. The summed E-state index contributed by atoms with van der Waals surface area (Å²) in [5.74, 6) is -0.967. The minimum atomic E-state index is -0.839. The van der Waals surface area contributed by atoms with Gasteiger partial charge in [-0.05, 0) is 46.2 Å². The maximum atomic E-state index is 11.7. The summed E-state index contributed by atoms with van der Waals surface area (Å²) in [5, 5.41) is 11.4. The number of carbonyl (C=O) groups is 2. The van der Waals surface area contributed by atoms with E-state index in [1.165, 1.54) is 0 Å². The van der Waals surface area contributed by atoms with Crippen LogP contribution in [0.2, 0.25) is 0 Å². The summed E-state index contributed by atoms with van der Waals surface area (Å²) in [4.78, 5) is 22.1. The lowest BCUT2D eigenvalue weighted by molar-refractivity contribution is -0.138. The Morgan fingerprint density at radius 1 is 1.44 bits per heavy atom. The van der Waals surface area contributed by atoms with Crippen LogP contribution in [0.15, 0.2) is 24.3 Å². The summed E-state index contributed by atoms with van der Waals surface area (Å²) in [6, 6.07) is 7.75. The Labute approximate surface area is 120 Å². The minimum absolute atomic E-state index is 0.0534. The summed E-state index contributed by atoms with van der Waals surface area (Å²) in [7, 11) is 0. The van der Waals surface area contributed by atoms with Crippen LogP contribution in [0.4, 0.5) is 0 Å². The molecule has 2 N–H and O–H groups in total. The van der Waals surface area contributed by atoms with Gasteiger partial charge in [-0.25, -0.2) is 0 Å². The fraction of sp³-hybridized carbons (Fsp3) is 0.385.